The van der Waals surface area contributed by atoms with Gasteiger partial charge in [-0.15, -0.1) is 10.2 Å². The van der Waals surface area contributed by atoms with E-state index in [9.17, 15) is 0 Å². The molecule has 1 aliphatic heterocycles. The fraction of sp³-hybridized carbons (Fsp3) is 0.278. The van der Waals surface area contributed by atoms with Crippen LogP contribution in [0.5, 0.6) is 0 Å². The Morgan fingerprint density at radius 1 is 1.22 bits per heavy atom. The van der Waals surface area contributed by atoms with Gasteiger partial charge in [-0.25, -0.2) is 4.68 Å². The highest BCUT2D eigenvalue weighted by atomic mass is 35.5. The molecular weight excluding hydrogens is 389 g/mol. The molecule has 3 aromatic heterocycles. The second kappa shape index (κ2) is 6.67. The minimum absolute atomic E-state index is 0.0393. The molecule has 1 saturated heterocycles. The number of ether oxygens (including phenoxy) is 1. The average molecular weight is 404 g/mol. The van der Waals surface area contributed by atoms with E-state index in [4.69, 9.17) is 32.4 Å². The van der Waals surface area contributed by atoms with Crippen molar-refractivity contribution >= 4 is 34.1 Å². The lowest BCUT2D eigenvalue weighted by Gasteiger charge is -2.22. The lowest BCUT2D eigenvalue weighted by Crippen LogP contribution is -2.18. The molecular formula is C18H15Cl2N5O2. The number of benzene rings is 1. The first-order valence-corrected chi connectivity index (χ1v) is 9.40. The Kier molecular flexibility index (Phi) is 4.15. The van der Waals surface area contributed by atoms with Gasteiger partial charge >= 0.3 is 0 Å². The first-order valence-electron chi connectivity index (χ1n) is 8.64. The molecule has 0 bridgehead atoms. The molecule has 0 amide bonds. The molecule has 1 N–H and O–H groups in total. The zero-order chi connectivity index (χ0) is 18.4. The minimum Gasteiger partial charge on any atom is -0.422 e. The van der Waals surface area contributed by atoms with Gasteiger partial charge in [0.25, 0.3) is 5.89 Å². The maximum absolute atomic E-state index is 6.42. The number of halogens is 2. The van der Waals surface area contributed by atoms with Crippen LogP contribution in [0.1, 0.15) is 25.5 Å². The number of aromatic amines is 1. The molecule has 4 aromatic rings. The summed E-state index contributed by atoms with van der Waals surface area (Å²) in [5, 5.41) is 14.2. The van der Waals surface area contributed by atoms with E-state index in [-0.39, 0.29) is 6.23 Å². The Bertz CT molecular complexity index is 1100. The van der Waals surface area contributed by atoms with Gasteiger partial charge < -0.3 is 14.1 Å². The third kappa shape index (κ3) is 2.82. The number of H-pyrrole nitrogens is 1. The van der Waals surface area contributed by atoms with Gasteiger partial charge in [-0.3, -0.25) is 0 Å². The summed E-state index contributed by atoms with van der Waals surface area (Å²) in [5.41, 5.74) is 3.18. The highest BCUT2D eigenvalue weighted by molar-refractivity contribution is 6.45. The van der Waals surface area contributed by atoms with E-state index >= 15 is 0 Å². The largest absolute Gasteiger partial charge is 0.422 e. The van der Waals surface area contributed by atoms with Gasteiger partial charge in [-0.2, -0.15) is 5.10 Å². The summed E-state index contributed by atoms with van der Waals surface area (Å²) in [6.45, 7) is 0.758. The molecule has 1 unspecified atom stereocenters. The van der Waals surface area contributed by atoms with Crippen LogP contribution in [0.3, 0.4) is 0 Å². The summed E-state index contributed by atoms with van der Waals surface area (Å²) in [6, 6.07) is 3.69. The van der Waals surface area contributed by atoms with Crippen molar-refractivity contribution in [3.63, 3.8) is 0 Å². The van der Waals surface area contributed by atoms with E-state index in [1.54, 1.807) is 6.07 Å². The minimum atomic E-state index is -0.0393. The first kappa shape index (κ1) is 16.8. The van der Waals surface area contributed by atoms with Crippen molar-refractivity contribution in [2.75, 3.05) is 6.61 Å². The topological polar surface area (TPSA) is 81.8 Å². The number of nitrogens with one attached hydrogen (secondary N) is 1. The summed E-state index contributed by atoms with van der Waals surface area (Å²) < 4.78 is 13.1. The molecule has 27 heavy (non-hydrogen) atoms. The zero-order valence-electron chi connectivity index (χ0n) is 14.2. The number of fused-ring (bicyclic) bond motifs is 1. The monoisotopic (exact) mass is 403 g/mol. The van der Waals surface area contributed by atoms with Gasteiger partial charge in [-0.05, 0) is 25.3 Å². The van der Waals surface area contributed by atoms with E-state index in [0.717, 1.165) is 42.4 Å². The number of hydrogen-bond donors (Lipinski definition) is 1. The van der Waals surface area contributed by atoms with Crippen LogP contribution in [0.15, 0.2) is 35.3 Å². The maximum atomic E-state index is 6.42. The summed E-state index contributed by atoms with van der Waals surface area (Å²) in [4.78, 5) is 3.28. The van der Waals surface area contributed by atoms with Gasteiger partial charge in [0.2, 0.25) is 6.39 Å². The average Bonchev–Trinajstić information content (AvgIpc) is 3.44. The van der Waals surface area contributed by atoms with Gasteiger partial charge in [0.05, 0.1) is 21.8 Å². The van der Waals surface area contributed by atoms with E-state index in [1.807, 2.05) is 23.1 Å². The Morgan fingerprint density at radius 3 is 2.93 bits per heavy atom. The summed E-state index contributed by atoms with van der Waals surface area (Å²) in [7, 11) is 0. The first-order chi connectivity index (χ1) is 13.2. The smallest absolute Gasteiger partial charge is 0.264 e. The van der Waals surface area contributed by atoms with Crippen LogP contribution in [0.4, 0.5) is 0 Å². The Labute approximate surface area is 164 Å². The summed E-state index contributed by atoms with van der Waals surface area (Å²) >= 11 is 12.6. The molecule has 0 saturated carbocycles. The molecule has 0 aliphatic carbocycles. The summed E-state index contributed by atoms with van der Waals surface area (Å²) in [5.74, 6) is 0.370. The van der Waals surface area contributed by atoms with E-state index in [1.165, 1.54) is 6.39 Å². The predicted octanol–water partition coefficient (Wildman–Crippen LogP) is 5.09. The standard InChI is InChI=1S/C18H15Cl2N5O2/c19-12-5-4-11-14(10-7-22-25(8-10)13-3-1-2-6-26-13)17(18-24-21-9-27-18)23-16(11)15(12)20/h4-5,7-9,13,23H,1-3,6H2. The highest BCUT2D eigenvalue weighted by Gasteiger charge is 2.23. The molecule has 1 fully saturated rings. The van der Waals surface area contributed by atoms with E-state index in [2.05, 4.69) is 20.3 Å². The van der Waals surface area contributed by atoms with Crippen molar-refractivity contribution < 1.29 is 9.15 Å². The SMILES string of the molecule is Clc1ccc2c(-c3cnn(C4CCCCO4)c3)c(-c3nnco3)[nH]c2c1Cl. The number of hydrogen-bond acceptors (Lipinski definition) is 5. The van der Waals surface area contributed by atoms with Crippen molar-refractivity contribution in [2.24, 2.45) is 0 Å². The van der Waals surface area contributed by atoms with Gasteiger partial charge in [-0.1, -0.05) is 29.3 Å². The van der Waals surface area contributed by atoms with Crippen LogP contribution in [0.25, 0.3) is 33.6 Å². The van der Waals surface area contributed by atoms with Gasteiger partial charge in [0.15, 0.2) is 0 Å². The predicted molar refractivity (Wildman–Crippen MR) is 102 cm³/mol. The zero-order valence-corrected chi connectivity index (χ0v) is 15.7. The van der Waals surface area contributed by atoms with E-state index < -0.39 is 0 Å². The Hall–Kier alpha value is -2.35. The lowest BCUT2D eigenvalue weighted by molar-refractivity contribution is -0.0394. The van der Waals surface area contributed by atoms with Gasteiger partial charge in [0, 0.05) is 29.3 Å². The van der Waals surface area contributed by atoms with Crippen molar-refractivity contribution in [2.45, 2.75) is 25.5 Å². The molecule has 0 spiro atoms. The normalized spacial score (nSPS) is 17.6. The molecule has 1 aliphatic rings. The molecule has 4 heterocycles. The van der Waals surface area contributed by atoms with Crippen LogP contribution in [0, 0.1) is 0 Å². The summed E-state index contributed by atoms with van der Waals surface area (Å²) in [6.07, 6.45) is 8.21. The molecule has 1 atom stereocenters. The second-order valence-corrected chi connectivity index (χ2v) is 7.22. The van der Waals surface area contributed by atoms with Crippen molar-refractivity contribution in [3.05, 3.63) is 41.0 Å². The van der Waals surface area contributed by atoms with Crippen LogP contribution in [-0.2, 0) is 4.74 Å². The van der Waals surface area contributed by atoms with Crippen LogP contribution in [-0.4, -0.2) is 31.6 Å². The quantitative estimate of drug-likeness (QED) is 0.515. The van der Waals surface area contributed by atoms with Crippen molar-refractivity contribution in [1.29, 1.82) is 0 Å². The van der Waals surface area contributed by atoms with Gasteiger partial charge in [0.1, 0.15) is 11.9 Å². The molecule has 138 valence electrons. The Balaban J connectivity index is 1.69. The molecule has 1 aromatic carbocycles. The molecule has 5 rings (SSSR count). The molecule has 9 heteroatoms. The van der Waals surface area contributed by atoms with Crippen LogP contribution >= 0.6 is 23.2 Å². The van der Waals surface area contributed by atoms with Crippen molar-refractivity contribution in [3.8, 4) is 22.7 Å². The van der Waals surface area contributed by atoms with E-state index in [0.29, 0.717) is 27.1 Å². The van der Waals surface area contributed by atoms with Crippen LogP contribution in [0.2, 0.25) is 10.0 Å². The third-order valence-corrected chi connectivity index (χ3v) is 5.58. The highest BCUT2D eigenvalue weighted by Crippen LogP contribution is 2.42. The molecule has 0 radical (unpaired) electrons. The second-order valence-electron chi connectivity index (χ2n) is 6.43. The number of rotatable bonds is 3. The van der Waals surface area contributed by atoms with Crippen LogP contribution < -0.4 is 0 Å². The number of aromatic nitrogens is 5. The molecule has 7 nitrogen and oxygen atoms in total. The Morgan fingerprint density at radius 2 is 2.15 bits per heavy atom. The third-order valence-electron chi connectivity index (χ3n) is 4.78. The fourth-order valence-corrected chi connectivity index (χ4v) is 3.87. The van der Waals surface area contributed by atoms with Crippen molar-refractivity contribution in [1.82, 2.24) is 25.0 Å². The fourth-order valence-electron chi connectivity index (χ4n) is 3.50. The number of nitrogens with zero attached hydrogens (tertiary/aromatic N) is 4. The lowest BCUT2D eigenvalue weighted by atomic mass is 10.1. The maximum Gasteiger partial charge on any atom is 0.264 e.